The third kappa shape index (κ3) is 3.74. The van der Waals surface area contributed by atoms with Crippen LogP contribution in [0.5, 0.6) is 5.75 Å². The number of likely N-dealkylation sites (N-methyl/N-ethyl adjacent to an activating group) is 1. The molecule has 0 radical (unpaired) electrons. The first-order chi connectivity index (χ1) is 8.58. The normalized spacial score (nSPS) is 9.89. The Labute approximate surface area is 105 Å². The molecule has 0 atom stereocenters. The first-order valence-corrected chi connectivity index (χ1v) is 5.50. The molecule has 0 unspecified atom stereocenters. The summed E-state index contributed by atoms with van der Waals surface area (Å²) in [6.45, 7) is 2.69. The van der Waals surface area contributed by atoms with Crippen molar-refractivity contribution in [2.24, 2.45) is 0 Å². The summed E-state index contributed by atoms with van der Waals surface area (Å²) in [6.07, 6.45) is 0. The number of aromatic carboxylic acids is 1. The van der Waals surface area contributed by atoms with Crippen LogP contribution in [-0.4, -0.2) is 37.2 Å². The molecule has 3 N–H and O–H groups in total. The van der Waals surface area contributed by atoms with Gasteiger partial charge in [-0.05, 0) is 24.7 Å². The van der Waals surface area contributed by atoms with Gasteiger partial charge in [0.25, 0.3) is 0 Å². The van der Waals surface area contributed by atoms with E-state index in [1.165, 1.54) is 19.2 Å². The Hall–Kier alpha value is -2.08. The number of carbonyl (C=O) groups is 2. The molecule has 0 heterocycles. The van der Waals surface area contributed by atoms with Crippen molar-refractivity contribution < 1.29 is 19.4 Å². The van der Waals surface area contributed by atoms with E-state index in [9.17, 15) is 9.59 Å². The Bertz CT molecular complexity index is 446. The van der Waals surface area contributed by atoms with Crippen LogP contribution in [0.15, 0.2) is 18.2 Å². The van der Waals surface area contributed by atoms with Gasteiger partial charge >= 0.3 is 5.97 Å². The van der Waals surface area contributed by atoms with Crippen LogP contribution in [0.4, 0.5) is 5.69 Å². The lowest BCUT2D eigenvalue weighted by molar-refractivity contribution is -0.115. The van der Waals surface area contributed by atoms with E-state index in [4.69, 9.17) is 9.84 Å². The zero-order chi connectivity index (χ0) is 13.5. The second-order valence-corrected chi connectivity index (χ2v) is 3.55. The van der Waals surface area contributed by atoms with Crippen LogP contribution in [-0.2, 0) is 4.79 Å². The SMILES string of the molecule is CCNCC(=O)Nc1ccc(OC)cc1C(=O)O. The van der Waals surface area contributed by atoms with Gasteiger partial charge in [-0.2, -0.15) is 0 Å². The Morgan fingerprint density at radius 3 is 2.67 bits per heavy atom. The average Bonchev–Trinajstić information content (AvgIpc) is 2.36. The van der Waals surface area contributed by atoms with E-state index in [0.717, 1.165) is 0 Å². The van der Waals surface area contributed by atoms with Crippen LogP contribution in [0.1, 0.15) is 17.3 Å². The summed E-state index contributed by atoms with van der Waals surface area (Å²) in [6, 6.07) is 4.46. The van der Waals surface area contributed by atoms with Crippen LogP contribution in [0.3, 0.4) is 0 Å². The van der Waals surface area contributed by atoms with Crippen molar-refractivity contribution in [2.75, 3.05) is 25.5 Å². The van der Waals surface area contributed by atoms with Crippen molar-refractivity contribution in [2.45, 2.75) is 6.92 Å². The Morgan fingerprint density at radius 1 is 1.39 bits per heavy atom. The second kappa shape index (κ2) is 6.61. The minimum Gasteiger partial charge on any atom is -0.497 e. The highest BCUT2D eigenvalue weighted by Gasteiger charge is 2.13. The monoisotopic (exact) mass is 252 g/mol. The molecule has 0 aliphatic carbocycles. The van der Waals surface area contributed by atoms with Gasteiger partial charge in [-0.1, -0.05) is 6.92 Å². The largest absolute Gasteiger partial charge is 0.497 e. The smallest absolute Gasteiger partial charge is 0.337 e. The summed E-state index contributed by atoms with van der Waals surface area (Å²) < 4.78 is 4.94. The third-order valence-corrected chi connectivity index (χ3v) is 2.27. The van der Waals surface area contributed by atoms with Crippen molar-refractivity contribution in [3.8, 4) is 5.75 Å². The summed E-state index contributed by atoms with van der Waals surface area (Å²) in [4.78, 5) is 22.6. The van der Waals surface area contributed by atoms with Gasteiger partial charge in [0, 0.05) is 0 Å². The molecule has 0 saturated carbocycles. The Kier molecular flexibility index (Phi) is 5.13. The van der Waals surface area contributed by atoms with Crippen LogP contribution < -0.4 is 15.4 Å². The Balaban J connectivity index is 2.87. The predicted octanol–water partition coefficient (Wildman–Crippen LogP) is 0.941. The van der Waals surface area contributed by atoms with Crippen LogP contribution in [0, 0.1) is 0 Å². The van der Waals surface area contributed by atoms with Crippen LogP contribution in [0.25, 0.3) is 0 Å². The van der Waals surface area contributed by atoms with Crippen molar-refractivity contribution in [3.63, 3.8) is 0 Å². The lowest BCUT2D eigenvalue weighted by Gasteiger charge is -2.10. The quantitative estimate of drug-likeness (QED) is 0.701. The van der Waals surface area contributed by atoms with Gasteiger partial charge in [0.1, 0.15) is 5.75 Å². The van der Waals surface area contributed by atoms with Crippen LogP contribution in [0.2, 0.25) is 0 Å². The van der Waals surface area contributed by atoms with E-state index >= 15 is 0 Å². The maximum Gasteiger partial charge on any atom is 0.337 e. The number of anilines is 1. The number of hydrogen-bond donors (Lipinski definition) is 3. The molecular weight excluding hydrogens is 236 g/mol. The summed E-state index contributed by atoms with van der Waals surface area (Å²) in [5.74, 6) is -0.978. The zero-order valence-corrected chi connectivity index (χ0v) is 10.3. The van der Waals surface area contributed by atoms with Gasteiger partial charge in [-0.15, -0.1) is 0 Å². The van der Waals surface area contributed by atoms with Crippen molar-refractivity contribution >= 4 is 17.6 Å². The molecule has 0 aromatic heterocycles. The average molecular weight is 252 g/mol. The second-order valence-electron chi connectivity index (χ2n) is 3.55. The molecule has 6 heteroatoms. The van der Waals surface area contributed by atoms with Gasteiger partial charge in [0.05, 0.1) is 24.9 Å². The number of benzene rings is 1. The summed E-state index contributed by atoms with van der Waals surface area (Å²) in [7, 11) is 1.45. The third-order valence-electron chi connectivity index (χ3n) is 2.27. The summed E-state index contributed by atoms with van der Waals surface area (Å²) in [5.41, 5.74) is 0.255. The summed E-state index contributed by atoms with van der Waals surface area (Å²) >= 11 is 0. The fourth-order valence-corrected chi connectivity index (χ4v) is 1.37. The number of ether oxygens (including phenoxy) is 1. The number of carbonyl (C=O) groups excluding carboxylic acids is 1. The number of carboxylic acids is 1. The molecule has 1 aromatic carbocycles. The summed E-state index contributed by atoms with van der Waals surface area (Å²) in [5, 5.41) is 14.4. The van der Waals surface area contributed by atoms with Crippen molar-refractivity contribution in [1.29, 1.82) is 0 Å². The topological polar surface area (TPSA) is 87.7 Å². The molecule has 18 heavy (non-hydrogen) atoms. The standard InChI is InChI=1S/C12H16N2O4/c1-3-13-7-11(15)14-10-5-4-8(18-2)6-9(10)12(16)17/h4-6,13H,3,7H2,1-2H3,(H,14,15)(H,16,17). The van der Waals surface area contributed by atoms with Gasteiger partial charge in [0.15, 0.2) is 0 Å². The highest BCUT2D eigenvalue weighted by molar-refractivity contribution is 6.01. The molecule has 0 bridgehead atoms. The molecule has 0 saturated heterocycles. The van der Waals surface area contributed by atoms with Crippen molar-refractivity contribution in [1.82, 2.24) is 5.32 Å². The number of hydrogen-bond acceptors (Lipinski definition) is 4. The maximum atomic E-state index is 11.5. The number of nitrogens with one attached hydrogen (secondary N) is 2. The molecule has 1 aromatic rings. The minimum absolute atomic E-state index is 0.000742. The van der Waals surface area contributed by atoms with Gasteiger partial charge in [0.2, 0.25) is 5.91 Å². The van der Waals surface area contributed by atoms with E-state index in [1.807, 2.05) is 6.92 Å². The number of carboxylic acid groups (broad SMARTS) is 1. The molecule has 0 fully saturated rings. The lowest BCUT2D eigenvalue weighted by atomic mass is 10.1. The lowest BCUT2D eigenvalue weighted by Crippen LogP contribution is -2.28. The van der Waals surface area contributed by atoms with E-state index < -0.39 is 5.97 Å². The molecule has 1 rings (SSSR count). The van der Waals surface area contributed by atoms with Gasteiger partial charge in [-0.3, -0.25) is 4.79 Å². The molecule has 1 amide bonds. The van der Waals surface area contributed by atoms with E-state index in [-0.39, 0.29) is 23.7 Å². The van der Waals surface area contributed by atoms with Crippen molar-refractivity contribution in [3.05, 3.63) is 23.8 Å². The Morgan fingerprint density at radius 2 is 2.11 bits per heavy atom. The molecule has 6 nitrogen and oxygen atoms in total. The van der Waals surface area contributed by atoms with Gasteiger partial charge < -0.3 is 20.5 Å². The van der Waals surface area contributed by atoms with Crippen LogP contribution >= 0.6 is 0 Å². The molecule has 98 valence electrons. The molecule has 0 aliphatic rings. The van der Waals surface area contributed by atoms with Gasteiger partial charge in [-0.25, -0.2) is 4.79 Å². The molecule has 0 aliphatic heterocycles. The fourth-order valence-electron chi connectivity index (χ4n) is 1.37. The molecule has 0 spiro atoms. The number of rotatable bonds is 6. The fraction of sp³-hybridized carbons (Fsp3) is 0.333. The first-order valence-electron chi connectivity index (χ1n) is 5.50. The highest BCUT2D eigenvalue weighted by atomic mass is 16.5. The molecular formula is C12H16N2O4. The highest BCUT2D eigenvalue weighted by Crippen LogP contribution is 2.21. The predicted molar refractivity (Wildman–Crippen MR) is 67.1 cm³/mol. The van der Waals surface area contributed by atoms with E-state index in [1.54, 1.807) is 6.07 Å². The number of methoxy groups -OCH3 is 1. The zero-order valence-electron chi connectivity index (χ0n) is 10.3. The van der Waals surface area contributed by atoms with E-state index in [2.05, 4.69) is 10.6 Å². The number of amides is 1. The minimum atomic E-state index is -1.12. The maximum absolute atomic E-state index is 11.5. The van der Waals surface area contributed by atoms with E-state index in [0.29, 0.717) is 12.3 Å². The first kappa shape index (κ1) is 14.0.